The molecule has 0 radical (unpaired) electrons. The van der Waals surface area contributed by atoms with Crippen molar-refractivity contribution in [2.24, 2.45) is 0 Å². The number of imidazole rings is 1. The van der Waals surface area contributed by atoms with Crippen LogP contribution >= 0.6 is 0 Å². The van der Waals surface area contributed by atoms with Crippen molar-refractivity contribution in [2.75, 3.05) is 43.3 Å². The predicted octanol–water partition coefficient (Wildman–Crippen LogP) is 9.09. The average Bonchev–Trinajstić information content (AvgIpc) is 3.80. The number of rotatable bonds is 13. The van der Waals surface area contributed by atoms with Crippen LogP contribution in [0.5, 0.6) is 11.5 Å². The van der Waals surface area contributed by atoms with Crippen LogP contribution in [0.15, 0.2) is 116 Å². The number of nitrogens with zero attached hydrogens (tertiary/aromatic N) is 8. The Morgan fingerprint density at radius 1 is 0.733 bits per heavy atom. The smallest absolute Gasteiger partial charge is 0.435 e. The third-order valence-electron chi connectivity index (χ3n) is 8.66. The number of aryl methyl sites for hydroxylation is 1. The third-order valence-corrected chi connectivity index (χ3v) is 8.66. The maximum atomic E-state index is 13.5. The number of pyridine rings is 1. The highest BCUT2D eigenvalue weighted by Crippen LogP contribution is 2.38. The normalized spacial score (nSPS) is 11.3. The number of ether oxygens (including phenoxy) is 3. The molecule has 0 amide bonds. The lowest BCUT2D eigenvalue weighted by atomic mass is 10.1. The van der Waals surface area contributed by atoms with Gasteiger partial charge in [-0.05, 0) is 85.8 Å². The summed E-state index contributed by atoms with van der Waals surface area (Å²) in [6, 6.07) is 29.1. The second kappa shape index (κ2) is 18.0. The van der Waals surface area contributed by atoms with Gasteiger partial charge in [-0.2, -0.15) is 37.0 Å². The summed E-state index contributed by atoms with van der Waals surface area (Å²) >= 11 is 0. The van der Waals surface area contributed by atoms with Gasteiger partial charge >= 0.3 is 12.8 Å². The maximum absolute atomic E-state index is 13.5. The number of halogens is 5. The van der Waals surface area contributed by atoms with E-state index in [9.17, 15) is 22.0 Å². The van der Waals surface area contributed by atoms with Crippen LogP contribution in [0.25, 0.3) is 33.9 Å². The second-order valence-corrected chi connectivity index (χ2v) is 12.7. The van der Waals surface area contributed by atoms with Gasteiger partial charge in [0.05, 0.1) is 35.8 Å². The fourth-order valence-corrected chi connectivity index (χ4v) is 6.03. The van der Waals surface area contributed by atoms with Gasteiger partial charge in [-0.15, -0.1) is 0 Å². The van der Waals surface area contributed by atoms with E-state index in [1.54, 1.807) is 80.9 Å². The van der Waals surface area contributed by atoms with Crippen LogP contribution in [0.4, 0.5) is 50.8 Å². The van der Waals surface area contributed by atoms with Crippen molar-refractivity contribution in [1.82, 2.24) is 39.1 Å². The summed E-state index contributed by atoms with van der Waals surface area (Å²) in [7, 11) is 3.19. The van der Waals surface area contributed by atoms with Crippen molar-refractivity contribution in [3.63, 3.8) is 0 Å². The maximum Gasteiger partial charge on any atom is 0.435 e. The van der Waals surface area contributed by atoms with E-state index in [1.165, 1.54) is 29.0 Å². The molecule has 8 aromatic rings. The van der Waals surface area contributed by atoms with Crippen molar-refractivity contribution in [2.45, 2.75) is 19.7 Å². The number of para-hydroxylation sites is 2. The summed E-state index contributed by atoms with van der Waals surface area (Å²) in [5.74, 6) is 3.38. The van der Waals surface area contributed by atoms with Crippen LogP contribution < -0.4 is 25.4 Å². The lowest BCUT2D eigenvalue weighted by molar-refractivity contribution is -0.140. The Morgan fingerprint density at radius 2 is 1.40 bits per heavy atom. The van der Waals surface area contributed by atoms with Gasteiger partial charge in [-0.25, -0.2) is 19.5 Å². The number of alkyl halides is 5. The molecule has 0 saturated heterocycles. The van der Waals surface area contributed by atoms with E-state index >= 15 is 0 Å². The number of anilines is 5. The lowest BCUT2D eigenvalue weighted by Gasteiger charge is -2.13. The van der Waals surface area contributed by atoms with Crippen LogP contribution in [0.1, 0.15) is 11.5 Å². The Hall–Kier alpha value is -7.41. The number of aromatic nitrogens is 8. The Kier molecular flexibility index (Phi) is 12.2. The Bertz CT molecular complexity index is 2690. The topological polar surface area (TPSA) is 150 Å². The van der Waals surface area contributed by atoms with Crippen molar-refractivity contribution in [3.8, 4) is 28.8 Å². The summed E-state index contributed by atoms with van der Waals surface area (Å²) in [6.07, 6.45) is -1.78. The van der Waals surface area contributed by atoms with Gasteiger partial charge in [0, 0.05) is 43.5 Å². The van der Waals surface area contributed by atoms with E-state index in [2.05, 4.69) is 50.7 Å². The average molecular weight is 826 g/mol. The standard InChI is InChI=1S/C22H22F2N6O2.C19H14F3N5O/c1-14-26-17-5-3-4-6-18(17)30(14)22-28-19(25-11-12-31-2)13-20(29-22)27-15-7-9-16(10-8-15)32-21(23)24;1-28-13-7-5-12(6-8-13)24-15-9-10-23-18(25-15)16-14-4-2-3-11-27(14)26-17(16)19(20,21)22/h3-10,13,21H,11-12H2,1-2H3,(H2,25,27,28,29);2-11H,1H3,(H,23,24,25). The molecule has 0 atom stereocenters. The number of benzene rings is 3. The number of nitrogens with one attached hydrogen (secondary N) is 3. The molecule has 19 heteroatoms. The van der Waals surface area contributed by atoms with E-state index in [0.29, 0.717) is 53.7 Å². The Balaban J connectivity index is 0.000000183. The zero-order valence-corrected chi connectivity index (χ0v) is 32.2. The van der Waals surface area contributed by atoms with E-state index in [0.717, 1.165) is 16.9 Å². The molecule has 308 valence electrons. The molecule has 0 unspecified atom stereocenters. The molecule has 0 bridgehead atoms. The zero-order chi connectivity index (χ0) is 42.2. The van der Waals surface area contributed by atoms with Gasteiger partial charge < -0.3 is 30.2 Å². The molecule has 5 aromatic heterocycles. The van der Waals surface area contributed by atoms with Gasteiger partial charge in [0.25, 0.3) is 0 Å². The fourth-order valence-electron chi connectivity index (χ4n) is 6.03. The quantitative estimate of drug-likeness (QED) is 0.0752. The molecular formula is C41H36F5N11O3. The summed E-state index contributed by atoms with van der Waals surface area (Å²) < 4.78 is 83.0. The van der Waals surface area contributed by atoms with Gasteiger partial charge in [0.1, 0.15) is 34.8 Å². The molecule has 60 heavy (non-hydrogen) atoms. The first-order valence-corrected chi connectivity index (χ1v) is 18.2. The molecule has 14 nitrogen and oxygen atoms in total. The Labute approximate surface area is 339 Å². The fraction of sp³-hybridized carbons (Fsp3) is 0.171. The number of methoxy groups -OCH3 is 2. The molecule has 3 aromatic carbocycles. The zero-order valence-electron chi connectivity index (χ0n) is 32.2. The van der Waals surface area contributed by atoms with Gasteiger partial charge in [0.2, 0.25) is 5.95 Å². The van der Waals surface area contributed by atoms with Gasteiger partial charge in [0.15, 0.2) is 11.5 Å². The molecule has 0 spiro atoms. The SMILES string of the molecule is COCCNc1cc(Nc2ccc(OC(F)F)cc2)nc(-n2c(C)nc3ccccc32)n1.COc1ccc(Nc2ccnc(-c3c(C(F)(F)F)nn4ccccc34)n2)cc1. The van der Waals surface area contributed by atoms with Gasteiger partial charge in [-0.1, -0.05) is 18.2 Å². The number of hydrogen-bond donors (Lipinski definition) is 3. The highest BCUT2D eigenvalue weighted by Gasteiger charge is 2.39. The first-order chi connectivity index (χ1) is 29.0. The molecule has 0 aliphatic rings. The van der Waals surface area contributed by atoms with E-state index in [1.807, 2.05) is 35.8 Å². The monoisotopic (exact) mass is 825 g/mol. The number of hydrogen-bond acceptors (Lipinski definition) is 12. The third kappa shape index (κ3) is 9.64. The molecule has 0 fully saturated rings. The molecule has 0 saturated carbocycles. The minimum absolute atomic E-state index is 0.0629. The van der Waals surface area contributed by atoms with Crippen molar-refractivity contribution in [1.29, 1.82) is 0 Å². The molecule has 5 heterocycles. The van der Waals surface area contributed by atoms with Crippen molar-refractivity contribution in [3.05, 3.63) is 127 Å². The molecule has 0 aliphatic carbocycles. The Morgan fingerprint density at radius 3 is 2.10 bits per heavy atom. The molecule has 8 rings (SSSR count). The molecule has 3 N–H and O–H groups in total. The summed E-state index contributed by atoms with van der Waals surface area (Å²) in [5.41, 5.74) is 2.19. The lowest BCUT2D eigenvalue weighted by Crippen LogP contribution is -2.12. The molecular weight excluding hydrogens is 790 g/mol. The number of fused-ring (bicyclic) bond motifs is 2. The highest BCUT2D eigenvalue weighted by molar-refractivity contribution is 5.80. The van der Waals surface area contributed by atoms with Crippen LogP contribution in [0, 0.1) is 6.92 Å². The van der Waals surface area contributed by atoms with Crippen LogP contribution in [0.3, 0.4) is 0 Å². The second-order valence-electron chi connectivity index (χ2n) is 12.7. The van der Waals surface area contributed by atoms with E-state index in [-0.39, 0.29) is 22.7 Å². The van der Waals surface area contributed by atoms with Crippen LogP contribution in [0.2, 0.25) is 0 Å². The van der Waals surface area contributed by atoms with Crippen molar-refractivity contribution >= 4 is 45.4 Å². The minimum atomic E-state index is -4.63. The summed E-state index contributed by atoms with van der Waals surface area (Å²) in [4.78, 5) is 22.2. The minimum Gasteiger partial charge on any atom is -0.497 e. The largest absolute Gasteiger partial charge is 0.497 e. The van der Waals surface area contributed by atoms with Gasteiger partial charge in [-0.3, -0.25) is 4.57 Å². The van der Waals surface area contributed by atoms with Crippen molar-refractivity contribution < 1.29 is 36.2 Å². The van der Waals surface area contributed by atoms with Crippen LogP contribution in [-0.4, -0.2) is 73.1 Å². The predicted molar refractivity (Wildman–Crippen MR) is 216 cm³/mol. The highest BCUT2D eigenvalue weighted by atomic mass is 19.4. The molecule has 0 aliphatic heterocycles. The summed E-state index contributed by atoms with van der Waals surface area (Å²) in [5, 5.41) is 13.1. The first-order valence-electron chi connectivity index (χ1n) is 18.2. The van der Waals surface area contributed by atoms with Crippen LogP contribution in [-0.2, 0) is 10.9 Å². The van der Waals surface area contributed by atoms with E-state index < -0.39 is 18.5 Å². The first kappa shape index (κ1) is 40.8. The van der Waals surface area contributed by atoms with E-state index in [4.69, 9.17) is 9.47 Å². The summed E-state index contributed by atoms with van der Waals surface area (Å²) in [6.45, 7) is 0.104.